The van der Waals surface area contributed by atoms with E-state index in [9.17, 15) is 14.4 Å². The highest BCUT2D eigenvalue weighted by Crippen LogP contribution is 2.15. The number of nitrogens with zero attached hydrogens (tertiary/aromatic N) is 1. The molecule has 0 bridgehead atoms. The number of esters is 1. The zero-order valence-electron chi connectivity index (χ0n) is 18.8. The normalized spacial score (nSPS) is 11.8. The lowest BCUT2D eigenvalue weighted by atomic mass is 10.0. The van der Waals surface area contributed by atoms with Gasteiger partial charge in [-0.15, -0.1) is 0 Å². The molecule has 2 aromatic carbocycles. The van der Waals surface area contributed by atoms with Crippen molar-refractivity contribution in [3.8, 4) is 5.75 Å². The monoisotopic (exact) mass is 473 g/mol. The third-order valence-corrected chi connectivity index (χ3v) is 4.60. The van der Waals surface area contributed by atoms with E-state index in [4.69, 9.17) is 21.1 Å². The second-order valence-electron chi connectivity index (χ2n) is 7.57. The van der Waals surface area contributed by atoms with Crippen molar-refractivity contribution in [3.63, 3.8) is 0 Å². The Morgan fingerprint density at radius 3 is 2.33 bits per heavy atom. The molecule has 0 aliphatic rings. The van der Waals surface area contributed by atoms with Gasteiger partial charge >= 0.3 is 5.97 Å². The van der Waals surface area contributed by atoms with Gasteiger partial charge in [-0.1, -0.05) is 37.6 Å². The highest BCUT2D eigenvalue weighted by atomic mass is 35.5. The van der Waals surface area contributed by atoms with E-state index >= 15 is 0 Å². The summed E-state index contributed by atoms with van der Waals surface area (Å²) in [4.78, 5) is 36.6. The third-order valence-electron chi connectivity index (χ3n) is 4.35. The van der Waals surface area contributed by atoms with Crippen molar-refractivity contribution in [2.45, 2.75) is 33.2 Å². The molecular weight excluding hydrogens is 446 g/mol. The Bertz CT molecular complexity index is 959. The summed E-state index contributed by atoms with van der Waals surface area (Å²) in [6, 6.07) is 12.5. The molecule has 0 aromatic heterocycles. The van der Waals surface area contributed by atoms with Gasteiger partial charge in [0.05, 0.1) is 18.4 Å². The summed E-state index contributed by atoms with van der Waals surface area (Å²) in [7, 11) is 0. The van der Waals surface area contributed by atoms with E-state index in [0.29, 0.717) is 34.9 Å². The summed E-state index contributed by atoms with van der Waals surface area (Å²) in [6.45, 7) is 5.70. The van der Waals surface area contributed by atoms with Gasteiger partial charge in [-0.05, 0) is 61.2 Å². The Morgan fingerprint density at radius 2 is 1.73 bits per heavy atom. The van der Waals surface area contributed by atoms with Crippen molar-refractivity contribution in [1.29, 1.82) is 0 Å². The molecule has 176 valence electrons. The Morgan fingerprint density at radius 1 is 1.06 bits per heavy atom. The predicted molar refractivity (Wildman–Crippen MR) is 126 cm³/mol. The fourth-order valence-corrected chi connectivity index (χ4v) is 2.91. The van der Waals surface area contributed by atoms with E-state index in [1.165, 1.54) is 6.21 Å². The summed E-state index contributed by atoms with van der Waals surface area (Å²) >= 11 is 5.83. The van der Waals surface area contributed by atoms with Crippen LogP contribution in [0.25, 0.3) is 0 Å². The van der Waals surface area contributed by atoms with Crippen LogP contribution in [0.2, 0.25) is 5.02 Å². The van der Waals surface area contributed by atoms with Crippen molar-refractivity contribution in [2.75, 3.05) is 13.2 Å². The highest BCUT2D eigenvalue weighted by molar-refractivity contribution is 6.30. The number of hydrogen-bond donors (Lipinski definition) is 2. The molecule has 0 saturated carbocycles. The summed E-state index contributed by atoms with van der Waals surface area (Å²) in [5.41, 5.74) is 3.56. The lowest BCUT2D eigenvalue weighted by Crippen LogP contribution is -2.47. The van der Waals surface area contributed by atoms with Crippen LogP contribution >= 0.6 is 11.6 Å². The number of nitrogens with one attached hydrogen (secondary N) is 2. The van der Waals surface area contributed by atoms with Crippen LogP contribution in [0.15, 0.2) is 53.6 Å². The molecule has 1 atom stereocenters. The first-order valence-corrected chi connectivity index (χ1v) is 10.9. The maximum Gasteiger partial charge on any atom is 0.338 e. The first-order valence-electron chi connectivity index (χ1n) is 10.6. The second kappa shape index (κ2) is 13.2. The van der Waals surface area contributed by atoms with E-state index < -0.39 is 23.8 Å². The molecule has 9 heteroatoms. The van der Waals surface area contributed by atoms with E-state index in [1.54, 1.807) is 55.5 Å². The molecule has 33 heavy (non-hydrogen) atoms. The first kappa shape index (κ1) is 25.9. The van der Waals surface area contributed by atoms with E-state index in [-0.39, 0.29) is 12.5 Å². The molecule has 0 radical (unpaired) electrons. The van der Waals surface area contributed by atoms with Crippen LogP contribution in [0.1, 0.15) is 43.1 Å². The summed E-state index contributed by atoms with van der Waals surface area (Å²) in [6.07, 6.45) is 1.88. The van der Waals surface area contributed by atoms with Gasteiger partial charge in [0.2, 0.25) is 0 Å². The van der Waals surface area contributed by atoms with Crippen LogP contribution in [-0.4, -0.2) is 43.3 Å². The third kappa shape index (κ3) is 9.33. The first-order chi connectivity index (χ1) is 15.8. The predicted octanol–water partition coefficient (Wildman–Crippen LogP) is 3.58. The maximum absolute atomic E-state index is 12.6. The zero-order valence-corrected chi connectivity index (χ0v) is 19.6. The summed E-state index contributed by atoms with van der Waals surface area (Å²) < 4.78 is 10.4. The van der Waals surface area contributed by atoms with Gasteiger partial charge in [0.15, 0.2) is 6.61 Å². The van der Waals surface area contributed by atoms with E-state index in [1.807, 2.05) is 13.8 Å². The zero-order chi connectivity index (χ0) is 24.2. The fourth-order valence-electron chi connectivity index (χ4n) is 2.79. The second-order valence-corrected chi connectivity index (χ2v) is 8.01. The minimum atomic E-state index is -0.769. The highest BCUT2D eigenvalue weighted by Gasteiger charge is 2.22. The molecule has 8 nitrogen and oxygen atoms in total. The van der Waals surface area contributed by atoms with Crippen molar-refractivity contribution >= 4 is 35.6 Å². The smallest absolute Gasteiger partial charge is 0.338 e. The van der Waals surface area contributed by atoms with Gasteiger partial charge in [-0.3, -0.25) is 9.59 Å². The minimum absolute atomic E-state index is 0.164. The molecule has 0 fully saturated rings. The molecule has 2 amide bonds. The Balaban J connectivity index is 1.90. The summed E-state index contributed by atoms with van der Waals surface area (Å²) in [5.74, 6) is -0.607. The average Bonchev–Trinajstić information content (AvgIpc) is 2.78. The Labute approximate surface area is 198 Å². The molecular formula is C24H28ClN3O5. The van der Waals surface area contributed by atoms with Crippen LogP contribution in [0.5, 0.6) is 5.75 Å². The molecule has 0 aliphatic carbocycles. The fraction of sp³-hybridized carbons (Fsp3) is 0.333. The van der Waals surface area contributed by atoms with Crippen molar-refractivity contribution in [2.24, 2.45) is 11.0 Å². The van der Waals surface area contributed by atoms with Crippen molar-refractivity contribution < 1.29 is 23.9 Å². The largest absolute Gasteiger partial charge is 0.484 e. The standard InChI is InChI=1S/C24H28ClN3O5/c1-4-32-24(31)18-7-5-17(6-8-18)14-26-28-23(30)21(13-16(2)3)27-22(29)15-33-20-11-9-19(25)10-12-20/h5-12,14,16,21H,4,13,15H2,1-3H3,(H,27,29)(H,28,30)/b26-14-/t21-/m0/s1. The maximum atomic E-state index is 12.6. The van der Waals surface area contributed by atoms with Gasteiger partial charge in [-0.2, -0.15) is 5.10 Å². The number of ether oxygens (including phenoxy) is 2. The molecule has 2 aromatic rings. The SMILES string of the molecule is CCOC(=O)c1ccc(/C=N\NC(=O)[C@H](CC(C)C)NC(=O)COc2ccc(Cl)cc2)cc1. The molecule has 0 aliphatic heterocycles. The van der Waals surface area contributed by atoms with Crippen LogP contribution in [-0.2, 0) is 14.3 Å². The van der Waals surface area contributed by atoms with E-state index in [0.717, 1.165) is 0 Å². The van der Waals surface area contributed by atoms with Crippen molar-refractivity contribution in [1.82, 2.24) is 10.7 Å². The number of hydrogen-bond acceptors (Lipinski definition) is 6. The number of benzene rings is 2. The number of rotatable bonds is 11. The van der Waals surface area contributed by atoms with Gasteiger partial charge in [-0.25, -0.2) is 10.2 Å². The Hall–Kier alpha value is -3.39. The number of carbonyl (C=O) groups is 3. The molecule has 0 heterocycles. The van der Waals surface area contributed by atoms with Gasteiger partial charge in [0.1, 0.15) is 11.8 Å². The molecule has 2 N–H and O–H groups in total. The molecule has 2 rings (SSSR count). The minimum Gasteiger partial charge on any atom is -0.484 e. The van der Waals surface area contributed by atoms with Crippen LogP contribution in [0.3, 0.4) is 0 Å². The Kier molecular flexibility index (Phi) is 10.4. The molecule has 0 spiro atoms. The molecule has 0 unspecified atom stereocenters. The van der Waals surface area contributed by atoms with Crippen molar-refractivity contribution in [3.05, 3.63) is 64.7 Å². The lowest BCUT2D eigenvalue weighted by molar-refractivity contribution is -0.130. The average molecular weight is 474 g/mol. The van der Waals surface area contributed by atoms with E-state index in [2.05, 4.69) is 15.8 Å². The lowest BCUT2D eigenvalue weighted by Gasteiger charge is -2.19. The number of carbonyl (C=O) groups excluding carboxylic acids is 3. The topological polar surface area (TPSA) is 106 Å². The number of amides is 2. The number of halogens is 1. The summed E-state index contributed by atoms with van der Waals surface area (Å²) in [5, 5.41) is 7.20. The van der Waals surface area contributed by atoms with Crippen LogP contribution in [0.4, 0.5) is 0 Å². The number of hydrazone groups is 1. The van der Waals surface area contributed by atoms with Gasteiger partial charge < -0.3 is 14.8 Å². The molecule has 0 saturated heterocycles. The van der Waals surface area contributed by atoms with Gasteiger partial charge in [0, 0.05) is 5.02 Å². The van der Waals surface area contributed by atoms with Gasteiger partial charge in [0.25, 0.3) is 11.8 Å². The van der Waals surface area contributed by atoms with Crippen LogP contribution < -0.4 is 15.5 Å². The quantitative estimate of drug-likeness (QED) is 0.295. The van der Waals surface area contributed by atoms with Crippen LogP contribution in [0, 0.1) is 5.92 Å².